The monoisotopic (exact) mass is 450 g/mol. The van der Waals surface area contributed by atoms with Crippen molar-refractivity contribution in [2.45, 2.75) is 90.5 Å². The number of thioether (sulfide) groups is 1. The van der Waals surface area contributed by atoms with Crippen LogP contribution in [0.2, 0.25) is 0 Å². The third kappa shape index (κ3) is 4.87. The molecule has 31 heavy (non-hydrogen) atoms. The smallest absolute Gasteiger partial charge is 0.0564 e. The van der Waals surface area contributed by atoms with E-state index in [2.05, 4.69) is 36.3 Å². The molecular weight excluding hydrogens is 400 g/mol. The lowest BCUT2D eigenvalue weighted by Gasteiger charge is -2.61. The molecule has 4 rings (SSSR count). The van der Waals surface area contributed by atoms with Crippen LogP contribution in [0.3, 0.4) is 0 Å². The number of hydrogen-bond acceptors (Lipinski definition) is 5. The normalized spacial score (nSPS) is 44.5. The molecule has 0 amide bonds. The molecule has 0 aliphatic heterocycles. The van der Waals surface area contributed by atoms with Gasteiger partial charge in [0.15, 0.2) is 0 Å². The van der Waals surface area contributed by atoms with Crippen molar-refractivity contribution in [1.29, 1.82) is 0 Å². The Morgan fingerprint density at radius 3 is 2.52 bits per heavy atom. The van der Waals surface area contributed by atoms with E-state index in [9.17, 15) is 0 Å². The van der Waals surface area contributed by atoms with Gasteiger partial charge in [0.25, 0.3) is 0 Å². The molecule has 4 aliphatic rings. The molecule has 8 unspecified atom stereocenters. The van der Waals surface area contributed by atoms with Gasteiger partial charge in [-0.1, -0.05) is 13.8 Å². The average Bonchev–Trinajstić information content (AvgIpc) is 3.10. The first-order valence-corrected chi connectivity index (χ1v) is 14.8. The average molecular weight is 451 g/mol. The number of nitrogens with two attached hydrogens (primary N) is 1. The van der Waals surface area contributed by atoms with Crippen molar-refractivity contribution in [3.05, 3.63) is 0 Å². The van der Waals surface area contributed by atoms with E-state index in [-0.39, 0.29) is 0 Å². The molecule has 4 aliphatic carbocycles. The first-order valence-electron chi connectivity index (χ1n) is 13.4. The van der Waals surface area contributed by atoms with E-state index in [1.165, 1.54) is 76.4 Å². The van der Waals surface area contributed by atoms with Crippen molar-refractivity contribution in [3.8, 4) is 0 Å². The number of hydrazine groups is 1. The molecule has 8 atom stereocenters. The summed E-state index contributed by atoms with van der Waals surface area (Å²) in [5.41, 5.74) is 12.9. The van der Waals surface area contributed by atoms with Crippen LogP contribution >= 0.6 is 11.8 Å². The molecule has 0 aromatic carbocycles. The van der Waals surface area contributed by atoms with Crippen LogP contribution in [0.5, 0.6) is 0 Å². The first-order chi connectivity index (χ1) is 15.0. The minimum atomic E-state index is 0.491. The highest BCUT2D eigenvalue weighted by Crippen LogP contribution is 2.67. The van der Waals surface area contributed by atoms with Crippen molar-refractivity contribution in [2.24, 2.45) is 46.2 Å². The molecule has 180 valence electrons. The Morgan fingerprint density at radius 2 is 1.71 bits per heavy atom. The van der Waals surface area contributed by atoms with Crippen LogP contribution in [0.1, 0.15) is 84.5 Å². The molecule has 5 N–H and O–H groups in total. The number of nitrogens with one attached hydrogen (secondary N) is 3. The lowest BCUT2D eigenvalue weighted by molar-refractivity contribution is -0.114. The summed E-state index contributed by atoms with van der Waals surface area (Å²) < 4.78 is 0. The molecule has 4 saturated carbocycles. The van der Waals surface area contributed by atoms with Crippen LogP contribution in [0.25, 0.3) is 0 Å². The molecule has 0 saturated heterocycles. The zero-order valence-electron chi connectivity index (χ0n) is 20.6. The molecule has 4 nitrogen and oxygen atoms in total. The maximum Gasteiger partial charge on any atom is 0.0564 e. The summed E-state index contributed by atoms with van der Waals surface area (Å²) in [6, 6.07) is 0.718. The third-order valence-corrected chi connectivity index (χ3v) is 11.4. The zero-order chi connectivity index (χ0) is 21.9. The van der Waals surface area contributed by atoms with E-state index in [1.807, 2.05) is 11.8 Å². The largest absolute Gasteiger partial charge is 0.317 e. The Bertz CT molecular complexity index is 574. The van der Waals surface area contributed by atoms with Gasteiger partial charge in [0.05, 0.1) is 6.67 Å². The van der Waals surface area contributed by atoms with Crippen LogP contribution < -0.4 is 21.9 Å². The van der Waals surface area contributed by atoms with Crippen molar-refractivity contribution >= 4 is 11.8 Å². The second kappa shape index (κ2) is 10.6. The Morgan fingerprint density at radius 1 is 0.903 bits per heavy atom. The summed E-state index contributed by atoms with van der Waals surface area (Å²) in [4.78, 5) is 0. The van der Waals surface area contributed by atoms with Gasteiger partial charge >= 0.3 is 0 Å². The van der Waals surface area contributed by atoms with Gasteiger partial charge in [-0.05, 0) is 123 Å². The van der Waals surface area contributed by atoms with Gasteiger partial charge < -0.3 is 11.1 Å². The highest BCUT2D eigenvalue weighted by molar-refractivity contribution is 7.98. The van der Waals surface area contributed by atoms with Crippen LogP contribution in [-0.4, -0.2) is 37.8 Å². The molecular formula is C26H50N4S. The summed E-state index contributed by atoms with van der Waals surface area (Å²) in [6.45, 7) is 7.90. The quantitative estimate of drug-likeness (QED) is 0.220. The zero-order valence-corrected chi connectivity index (χ0v) is 21.4. The van der Waals surface area contributed by atoms with Gasteiger partial charge in [-0.2, -0.15) is 11.8 Å². The summed E-state index contributed by atoms with van der Waals surface area (Å²) in [7, 11) is 0. The minimum absolute atomic E-state index is 0.491. The van der Waals surface area contributed by atoms with E-state index in [0.29, 0.717) is 17.5 Å². The predicted molar refractivity (Wildman–Crippen MR) is 135 cm³/mol. The van der Waals surface area contributed by atoms with Gasteiger partial charge in [0, 0.05) is 19.1 Å². The first kappa shape index (κ1) is 24.3. The van der Waals surface area contributed by atoms with E-state index < -0.39 is 0 Å². The van der Waals surface area contributed by atoms with Crippen LogP contribution in [0.4, 0.5) is 0 Å². The van der Waals surface area contributed by atoms with E-state index in [1.54, 1.807) is 0 Å². The lowest BCUT2D eigenvalue weighted by atomic mass is 9.44. The highest BCUT2D eigenvalue weighted by Gasteiger charge is 2.59. The Kier molecular flexibility index (Phi) is 8.34. The fourth-order valence-electron chi connectivity index (χ4n) is 9.00. The van der Waals surface area contributed by atoms with Crippen LogP contribution in [-0.2, 0) is 0 Å². The summed E-state index contributed by atoms with van der Waals surface area (Å²) >= 11 is 2.03. The molecule has 0 heterocycles. The molecule has 0 bridgehead atoms. The van der Waals surface area contributed by atoms with Crippen molar-refractivity contribution in [2.75, 3.05) is 31.8 Å². The van der Waals surface area contributed by atoms with Gasteiger partial charge in [0.1, 0.15) is 0 Å². The number of hydrogen-bond donors (Lipinski definition) is 4. The van der Waals surface area contributed by atoms with Crippen molar-refractivity contribution in [1.82, 2.24) is 16.2 Å². The SMILES string of the molecule is CSCCCC1CCC2C3CCC4CC(NCCNNCN)CCC4(C)C3CCC12C. The van der Waals surface area contributed by atoms with E-state index in [4.69, 9.17) is 5.73 Å². The maximum atomic E-state index is 5.48. The van der Waals surface area contributed by atoms with E-state index >= 15 is 0 Å². The second-order valence-corrected chi connectivity index (χ2v) is 12.8. The molecule has 4 fully saturated rings. The second-order valence-electron chi connectivity index (χ2n) is 11.8. The van der Waals surface area contributed by atoms with E-state index in [0.717, 1.165) is 48.7 Å². The summed E-state index contributed by atoms with van der Waals surface area (Å²) in [5, 5.41) is 3.83. The molecule has 0 radical (unpaired) electrons. The Balaban J connectivity index is 1.34. The molecule has 0 aromatic rings. The Hall–Kier alpha value is 0.190. The van der Waals surface area contributed by atoms with Crippen LogP contribution in [0.15, 0.2) is 0 Å². The standard InChI is InChI=1S/C26H50N4S/c1-25-13-11-24-22(23(25)9-7-19(25)5-4-16-31-3)8-6-20-17-21(10-12-26(20,24)2)28-14-15-29-30-18-27/h19-24,28-30H,4-18,27H2,1-3H3. The minimum Gasteiger partial charge on any atom is -0.317 e. The van der Waals surface area contributed by atoms with Gasteiger partial charge in [0.2, 0.25) is 0 Å². The Labute approximate surface area is 196 Å². The molecule has 0 spiro atoms. The highest BCUT2D eigenvalue weighted by atomic mass is 32.2. The maximum absolute atomic E-state index is 5.48. The number of rotatable bonds is 10. The van der Waals surface area contributed by atoms with Crippen molar-refractivity contribution < 1.29 is 0 Å². The van der Waals surface area contributed by atoms with Gasteiger partial charge in [-0.15, -0.1) is 0 Å². The van der Waals surface area contributed by atoms with Gasteiger partial charge in [-0.25, -0.2) is 5.43 Å². The topological polar surface area (TPSA) is 62.1 Å². The predicted octanol–water partition coefficient (Wildman–Crippen LogP) is 4.76. The fraction of sp³-hybridized carbons (Fsp3) is 1.00. The molecule has 5 heteroatoms. The third-order valence-electron chi connectivity index (χ3n) is 10.7. The van der Waals surface area contributed by atoms with Crippen molar-refractivity contribution in [3.63, 3.8) is 0 Å². The molecule has 0 aromatic heterocycles. The lowest BCUT2D eigenvalue weighted by Crippen LogP contribution is -2.55. The summed E-state index contributed by atoms with van der Waals surface area (Å²) in [5.74, 6) is 6.38. The number of fused-ring (bicyclic) bond motifs is 5. The summed E-state index contributed by atoms with van der Waals surface area (Å²) in [6.07, 6.45) is 18.6. The van der Waals surface area contributed by atoms with Gasteiger partial charge in [-0.3, -0.25) is 5.43 Å². The fourth-order valence-corrected chi connectivity index (χ4v) is 9.46. The van der Waals surface area contributed by atoms with Crippen LogP contribution in [0, 0.1) is 40.4 Å².